The zero-order valence-corrected chi connectivity index (χ0v) is 9.57. The summed E-state index contributed by atoms with van der Waals surface area (Å²) in [5.41, 5.74) is 0. The van der Waals surface area contributed by atoms with Gasteiger partial charge in [0.1, 0.15) is 0 Å². The minimum Gasteiger partial charge on any atom is -0.393 e. The first-order valence-electron chi connectivity index (χ1n) is 5.61. The van der Waals surface area contributed by atoms with Crippen molar-refractivity contribution < 1.29 is 9.84 Å². The van der Waals surface area contributed by atoms with Crippen LogP contribution in [0.15, 0.2) is 0 Å². The molecular weight excluding hydrogens is 178 g/mol. The minimum atomic E-state index is -0.161. The first-order chi connectivity index (χ1) is 6.59. The predicted molar refractivity (Wildman–Crippen MR) is 57.3 cm³/mol. The van der Waals surface area contributed by atoms with E-state index < -0.39 is 0 Å². The van der Waals surface area contributed by atoms with Gasteiger partial charge in [-0.1, -0.05) is 0 Å². The Morgan fingerprint density at radius 3 is 2.64 bits per heavy atom. The van der Waals surface area contributed by atoms with Gasteiger partial charge in [-0.2, -0.15) is 0 Å². The van der Waals surface area contributed by atoms with Crippen molar-refractivity contribution in [1.29, 1.82) is 0 Å². The highest BCUT2D eigenvalue weighted by Crippen LogP contribution is 2.18. The molecule has 14 heavy (non-hydrogen) atoms. The summed E-state index contributed by atoms with van der Waals surface area (Å²) in [6.07, 6.45) is 1.29. The Hall–Kier alpha value is -0.120. The van der Waals surface area contributed by atoms with Gasteiger partial charge in [-0.3, -0.25) is 0 Å². The molecule has 1 heterocycles. The number of likely N-dealkylation sites (tertiary alicyclic amines) is 1. The van der Waals surface area contributed by atoms with Crippen LogP contribution in [0.5, 0.6) is 0 Å². The number of hydrogen-bond donors (Lipinski definition) is 1. The van der Waals surface area contributed by atoms with Crippen LogP contribution in [0.4, 0.5) is 0 Å². The maximum atomic E-state index is 9.43. The molecule has 1 saturated heterocycles. The molecule has 0 aromatic carbocycles. The Bertz CT molecular complexity index is 159. The molecular formula is C11H23NO2. The molecule has 2 unspecified atom stereocenters. The zero-order valence-electron chi connectivity index (χ0n) is 9.57. The Balaban J connectivity index is 2.10. The van der Waals surface area contributed by atoms with Gasteiger partial charge in [0.05, 0.1) is 18.8 Å². The van der Waals surface area contributed by atoms with Crippen molar-refractivity contribution in [2.24, 2.45) is 5.92 Å². The molecule has 0 aromatic rings. The van der Waals surface area contributed by atoms with Crippen LogP contribution in [0.2, 0.25) is 0 Å². The van der Waals surface area contributed by atoms with Crippen molar-refractivity contribution in [2.75, 3.05) is 26.2 Å². The normalized spacial score (nSPS) is 25.9. The van der Waals surface area contributed by atoms with Gasteiger partial charge in [-0.15, -0.1) is 0 Å². The number of rotatable bonds is 5. The highest BCUT2D eigenvalue weighted by atomic mass is 16.5. The van der Waals surface area contributed by atoms with Gasteiger partial charge < -0.3 is 14.7 Å². The molecule has 0 saturated carbocycles. The second-order valence-electron chi connectivity index (χ2n) is 4.51. The van der Waals surface area contributed by atoms with Gasteiger partial charge in [0, 0.05) is 13.1 Å². The largest absolute Gasteiger partial charge is 0.393 e. The molecule has 0 aromatic heterocycles. The summed E-state index contributed by atoms with van der Waals surface area (Å²) in [7, 11) is 0. The molecule has 0 aliphatic carbocycles. The van der Waals surface area contributed by atoms with Gasteiger partial charge in [-0.25, -0.2) is 0 Å². The van der Waals surface area contributed by atoms with Crippen LogP contribution < -0.4 is 0 Å². The number of hydrogen-bond acceptors (Lipinski definition) is 3. The molecule has 3 nitrogen and oxygen atoms in total. The molecule has 1 aliphatic rings. The van der Waals surface area contributed by atoms with Gasteiger partial charge in [0.15, 0.2) is 0 Å². The first kappa shape index (κ1) is 12.0. The van der Waals surface area contributed by atoms with Gasteiger partial charge >= 0.3 is 0 Å². The lowest BCUT2D eigenvalue weighted by atomic mass is 10.0. The number of aliphatic hydroxyl groups excluding tert-OH is 1. The number of ether oxygens (including phenoxy) is 1. The van der Waals surface area contributed by atoms with Crippen molar-refractivity contribution in [3.63, 3.8) is 0 Å². The van der Waals surface area contributed by atoms with E-state index in [0.29, 0.717) is 12.0 Å². The Morgan fingerprint density at radius 1 is 1.43 bits per heavy atom. The van der Waals surface area contributed by atoms with E-state index in [1.807, 2.05) is 6.92 Å². The summed E-state index contributed by atoms with van der Waals surface area (Å²) in [5, 5.41) is 9.43. The third-order valence-corrected chi connectivity index (χ3v) is 2.85. The average Bonchev–Trinajstić information content (AvgIpc) is 2.52. The number of aliphatic hydroxyl groups is 1. The van der Waals surface area contributed by atoms with E-state index in [2.05, 4.69) is 18.7 Å². The van der Waals surface area contributed by atoms with Crippen molar-refractivity contribution >= 4 is 0 Å². The molecule has 3 heteroatoms. The predicted octanol–water partition coefficient (Wildman–Crippen LogP) is 1.11. The fourth-order valence-corrected chi connectivity index (χ4v) is 1.88. The van der Waals surface area contributed by atoms with E-state index in [1.54, 1.807) is 0 Å². The number of nitrogens with zero attached hydrogens (tertiary/aromatic N) is 1. The Kier molecular flexibility index (Phi) is 4.85. The summed E-state index contributed by atoms with van der Waals surface area (Å²) in [6.45, 7) is 9.95. The monoisotopic (exact) mass is 201 g/mol. The summed E-state index contributed by atoms with van der Waals surface area (Å²) >= 11 is 0. The van der Waals surface area contributed by atoms with Crippen LogP contribution in [0.25, 0.3) is 0 Å². The van der Waals surface area contributed by atoms with Crippen LogP contribution in [-0.4, -0.2) is 48.5 Å². The van der Waals surface area contributed by atoms with E-state index in [4.69, 9.17) is 4.74 Å². The molecule has 1 N–H and O–H groups in total. The zero-order chi connectivity index (χ0) is 10.6. The van der Waals surface area contributed by atoms with Crippen molar-refractivity contribution in [1.82, 2.24) is 4.90 Å². The lowest BCUT2D eigenvalue weighted by Gasteiger charge is -2.17. The standard InChI is InChI=1S/C11H23NO2/c1-9(2)14-7-6-12-5-4-11(8-12)10(3)13/h9-11,13H,4-8H2,1-3H3. The molecule has 2 atom stereocenters. The molecule has 1 aliphatic heterocycles. The second-order valence-corrected chi connectivity index (χ2v) is 4.51. The fraction of sp³-hybridized carbons (Fsp3) is 1.00. The molecule has 1 fully saturated rings. The van der Waals surface area contributed by atoms with Gasteiger partial charge in [-0.05, 0) is 39.7 Å². The van der Waals surface area contributed by atoms with E-state index in [1.165, 1.54) is 0 Å². The van der Waals surface area contributed by atoms with E-state index in [0.717, 1.165) is 32.7 Å². The highest BCUT2D eigenvalue weighted by molar-refractivity contribution is 4.78. The Labute approximate surface area is 87.1 Å². The van der Waals surface area contributed by atoms with Crippen molar-refractivity contribution in [3.05, 3.63) is 0 Å². The van der Waals surface area contributed by atoms with Crippen LogP contribution in [0.1, 0.15) is 27.2 Å². The molecule has 0 amide bonds. The average molecular weight is 201 g/mol. The third-order valence-electron chi connectivity index (χ3n) is 2.85. The van der Waals surface area contributed by atoms with E-state index in [-0.39, 0.29) is 6.10 Å². The first-order valence-corrected chi connectivity index (χ1v) is 5.61. The molecule has 1 rings (SSSR count). The molecule has 0 bridgehead atoms. The molecule has 0 spiro atoms. The van der Waals surface area contributed by atoms with Crippen LogP contribution in [0, 0.1) is 5.92 Å². The Morgan fingerprint density at radius 2 is 2.14 bits per heavy atom. The van der Waals surface area contributed by atoms with Crippen LogP contribution in [-0.2, 0) is 4.74 Å². The summed E-state index contributed by atoms with van der Waals surface area (Å²) in [6, 6.07) is 0. The topological polar surface area (TPSA) is 32.7 Å². The van der Waals surface area contributed by atoms with Gasteiger partial charge in [0.2, 0.25) is 0 Å². The quantitative estimate of drug-likeness (QED) is 0.723. The maximum Gasteiger partial charge on any atom is 0.0596 e. The summed E-state index contributed by atoms with van der Waals surface area (Å²) in [4.78, 5) is 2.37. The molecule has 0 radical (unpaired) electrons. The van der Waals surface area contributed by atoms with Crippen molar-refractivity contribution in [3.8, 4) is 0 Å². The minimum absolute atomic E-state index is 0.161. The molecule has 84 valence electrons. The van der Waals surface area contributed by atoms with E-state index in [9.17, 15) is 5.11 Å². The van der Waals surface area contributed by atoms with E-state index >= 15 is 0 Å². The highest BCUT2D eigenvalue weighted by Gasteiger charge is 2.25. The summed E-state index contributed by atoms with van der Waals surface area (Å²) < 4.78 is 5.50. The SMILES string of the molecule is CC(C)OCCN1CCC(C(C)O)C1. The lowest BCUT2D eigenvalue weighted by molar-refractivity contribution is 0.0603. The van der Waals surface area contributed by atoms with Gasteiger partial charge in [0.25, 0.3) is 0 Å². The van der Waals surface area contributed by atoms with Crippen LogP contribution in [0.3, 0.4) is 0 Å². The summed E-state index contributed by atoms with van der Waals surface area (Å²) in [5.74, 6) is 0.467. The lowest BCUT2D eigenvalue weighted by Crippen LogP contribution is -2.28. The second kappa shape index (κ2) is 5.69. The third kappa shape index (κ3) is 3.95. The van der Waals surface area contributed by atoms with Crippen LogP contribution >= 0.6 is 0 Å². The maximum absolute atomic E-state index is 9.43. The smallest absolute Gasteiger partial charge is 0.0596 e. The van der Waals surface area contributed by atoms with Crippen molar-refractivity contribution in [2.45, 2.75) is 39.4 Å². The fourth-order valence-electron chi connectivity index (χ4n) is 1.88.